The smallest absolute Gasteiger partial charge is 0.389 e. The van der Waals surface area contributed by atoms with Crippen molar-refractivity contribution in [3.8, 4) is 0 Å². The zero-order valence-corrected chi connectivity index (χ0v) is 9.15. The number of β-amino-alcohol motifs (C(OH)–C–C–N with tert-alkyl or cyclic N) is 1. The predicted octanol–water partition coefficient (Wildman–Crippen LogP) is 1.45. The van der Waals surface area contributed by atoms with E-state index >= 15 is 0 Å². The van der Waals surface area contributed by atoms with E-state index in [2.05, 4.69) is 0 Å². The molecule has 1 atom stereocenters. The van der Waals surface area contributed by atoms with E-state index < -0.39 is 23.8 Å². The third-order valence-corrected chi connectivity index (χ3v) is 2.49. The molecule has 4 nitrogen and oxygen atoms in total. The number of amides is 1. The normalized spacial score (nSPS) is 20.2. The molecular weight excluding hydrogens is 251 g/mol. The Morgan fingerprint density at radius 1 is 1.33 bits per heavy atom. The molecule has 1 amide bonds. The number of alkyl halides is 3. The maximum Gasteiger partial charge on any atom is 0.416 e. The Morgan fingerprint density at radius 3 is 2.39 bits per heavy atom. The molecule has 1 saturated heterocycles. The molecule has 7 heteroatoms. The number of hydroxylamine groups is 2. The number of aliphatic hydroxyl groups is 1. The Balaban J connectivity index is 2.12. The molecule has 98 valence electrons. The summed E-state index contributed by atoms with van der Waals surface area (Å²) in [6.45, 7) is 0.0201. The van der Waals surface area contributed by atoms with Crippen LogP contribution in [0.4, 0.5) is 13.2 Å². The van der Waals surface area contributed by atoms with Crippen molar-refractivity contribution in [2.45, 2.75) is 12.3 Å². The van der Waals surface area contributed by atoms with Gasteiger partial charge in [-0.3, -0.25) is 9.63 Å². The van der Waals surface area contributed by atoms with E-state index in [4.69, 9.17) is 4.84 Å². The van der Waals surface area contributed by atoms with Crippen molar-refractivity contribution in [2.24, 2.45) is 0 Å². The molecule has 1 aromatic rings. The number of benzene rings is 1. The van der Waals surface area contributed by atoms with Crippen LogP contribution in [0.5, 0.6) is 0 Å². The Kier molecular flexibility index (Phi) is 3.27. The summed E-state index contributed by atoms with van der Waals surface area (Å²) in [6, 6.07) is 3.83. The second-order valence-electron chi connectivity index (χ2n) is 3.89. The molecule has 2 rings (SSSR count). The van der Waals surface area contributed by atoms with Crippen LogP contribution in [-0.2, 0) is 11.0 Å². The number of carbonyl (C=O) groups excluding carboxylic acids is 1. The minimum Gasteiger partial charge on any atom is -0.389 e. The lowest BCUT2D eigenvalue weighted by atomic mass is 10.1. The number of rotatable bonds is 1. The summed E-state index contributed by atoms with van der Waals surface area (Å²) in [5, 5.41) is 10.1. The van der Waals surface area contributed by atoms with E-state index in [9.17, 15) is 23.1 Å². The lowest BCUT2D eigenvalue weighted by Gasteiger charge is -2.14. The van der Waals surface area contributed by atoms with Gasteiger partial charge in [0, 0.05) is 5.56 Å². The molecule has 0 unspecified atom stereocenters. The van der Waals surface area contributed by atoms with E-state index in [1.165, 1.54) is 0 Å². The molecule has 1 aliphatic rings. The summed E-state index contributed by atoms with van der Waals surface area (Å²) in [5.41, 5.74) is -0.737. The Labute approximate surface area is 101 Å². The molecule has 1 heterocycles. The van der Waals surface area contributed by atoms with Crippen LogP contribution in [0, 0.1) is 0 Å². The zero-order chi connectivity index (χ0) is 13.3. The highest BCUT2D eigenvalue weighted by molar-refractivity contribution is 5.93. The van der Waals surface area contributed by atoms with Crippen LogP contribution in [0.15, 0.2) is 24.3 Å². The average Bonchev–Trinajstić information content (AvgIpc) is 2.74. The van der Waals surface area contributed by atoms with Crippen LogP contribution >= 0.6 is 0 Å². The summed E-state index contributed by atoms with van der Waals surface area (Å²) in [4.78, 5) is 16.7. The number of carbonyl (C=O) groups is 1. The first-order valence-electron chi connectivity index (χ1n) is 5.18. The SMILES string of the molecule is O=C(c1ccc(C(F)(F)F)cc1)N1C[C@H](O)CO1. The quantitative estimate of drug-likeness (QED) is 0.832. The predicted molar refractivity (Wildman–Crippen MR) is 54.4 cm³/mol. The summed E-state index contributed by atoms with van der Waals surface area (Å²) < 4.78 is 37.0. The molecule has 0 bridgehead atoms. The second kappa shape index (κ2) is 4.58. The van der Waals surface area contributed by atoms with Crippen molar-refractivity contribution < 1.29 is 27.9 Å². The van der Waals surface area contributed by atoms with Gasteiger partial charge >= 0.3 is 6.18 Å². The highest BCUT2D eigenvalue weighted by atomic mass is 19.4. The molecule has 0 spiro atoms. The van der Waals surface area contributed by atoms with Gasteiger partial charge in [0.2, 0.25) is 0 Å². The lowest BCUT2D eigenvalue weighted by Crippen LogP contribution is -2.28. The Morgan fingerprint density at radius 2 is 1.94 bits per heavy atom. The van der Waals surface area contributed by atoms with Crippen LogP contribution in [0.1, 0.15) is 15.9 Å². The zero-order valence-electron chi connectivity index (χ0n) is 9.15. The van der Waals surface area contributed by atoms with Crippen molar-refractivity contribution in [2.75, 3.05) is 13.2 Å². The van der Waals surface area contributed by atoms with Gasteiger partial charge in [-0.05, 0) is 24.3 Å². The molecule has 1 aromatic carbocycles. The van der Waals surface area contributed by atoms with Gasteiger partial charge in [-0.1, -0.05) is 0 Å². The summed E-state index contributed by atoms with van der Waals surface area (Å²) in [5.74, 6) is -0.569. The van der Waals surface area contributed by atoms with E-state index in [1.807, 2.05) is 0 Å². The molecule has 1 N–H and O–H groups in total. The lowest BCUT2D eigenvalue weighted by molar-refractivity contribution is -0.137. The number of nitrogens with zero attached hydrogens (tertiary/aromatic N) is 1. The first kappa shape index (κ1) is 12.8. The Bertz CT molecular complexity index is 444. The summed E-state index contributed by atoms with van der Waals surface area (Å²) >= 11 is 0. The average molecular weight is 261 g/mol. The van der Waals surface area contributed by atoms with Crippen molar-refractivity contribution in [1.82, 2.24) is 5.06 Å². The van der Waals surface area contributed by atoms with Gasteiger partial charge in [-0.15, -0.1) is 0 Å². The molecule has 1 aliphatic heterocycles. The molecular formula is C11H10F3NO3. The van der Waals surface area contributed by atoms with Gasteiger partial charge in [0.15, 0.2) is 0 Å². The first-order valence-corrected chi connectivity index (χ1v) is 5.18. The largest absolute Gasteiger partial charge is 0.416 e. The topological polar surface area (TPSA) is 49.8 Å². The van der Waals surface area contributed by atoms with E-state index in [0.29, 0.717) is 0 Å². The number of halogens is 3. The van der Waals surface area contributed by atoms with Gasteiger partial charge in [0.1, 0.15) is 12.7 Å². The molecule has 18 heavy (non-hydrogen) atoms. The van der Waals surface area contributed by atoms with Gasteiger partial charge in [0.25, 0.3) is 5.91 Å². The van der Waals surface area contributed by atoms with Crippen molar-refractivity contribution in [1.29, 1.82) is 0 Å². The minimum atomic E-state index is -4.43. The monoisotopic (exact) mass is 261 g/mol. The van der Waals surface area contributed by atoms with Crippen molar-refractivity contribution in [3.05, 3.63) is 35.4 Å². The molecule has 0 aromatic heterocycles. The molecule has 0 aliphatic carbocycles. The standard InChI is InChI=1S/C11H10F3NO3/c12-11(13,14)8-3-1-7(2-4-8)10(17)15-5-9(16)6-18-15/h1-4,9,16H,5-6H2/t9-/m0/s1. The van der Waals surface area contributed by atoms with Crippen molar-refractivity contribution >= 4 is 5.91 Å². The highest BCUT2D eigenvalue weighted by Gasteiger charge is 2.31. The number of aliphatic hydroxyl groups excluding tert-OH is 1. The van der Waals surface area contributed by atoms with Gasteiger partial charge in [-0.25, -0.2) is 5.06 Å². The molecule has 0 saturated carbocycles. The van der Waals surface area contributed by atoms with Crippen LogP contribution in [0.25, 0.3) is 0 Å². The van der Waals surface area contributed by atoms with Crippen LogP contribution < -0.4 is 0 Å². The third kappa shape index (κ3) is 2.62. The molecule has 0 radical (unpaired) electrons. The molecule has 1 fully saturated rings. The fourth-order valence-corrected chi connectivity index (χ4v) is 1.56. The second-order valence-corrected chi connectivity index (χ2v) is 3.89. The minimum absolute atomic E-state index is 0.00632. The fraction of sp³-hybridized carbons (Fsp3) is 0.364. The third-order valence-electron chi connectivity index (χ3n) is 2.49. The van der Waals surface area contributed by atoms with E-state index in [0.717, 1.165) is 29.3 Å². The van der Waals surface area contributed by atoms with Crippen LogP contribution in [0.3, 0.4) is 0 Å². The van der Waals surface area contributed by atoms with E-state index in [-0.39, 0.29) is 18.7 Å². The van der Waals surface area contributed by atoms with Gasteiger partial charge in [-0.2, -0.15) is 13.2 Å². The fourth-order valence-electron chi connectivity index (χ4n) is 1.56. The summed E-state index contributed by atoms with van der Waals surface area (Å²) in [6.07, 6.45) is -5.19. The van der Waals surface area contributed by atoms with Gasteiger partial charge < -0.3 is 5.11 Å². The first-order chi connectivity index (χ1) is 8.38. The van der Waals surface area contributed by atoms with Gasteiger partial charge in [0.05, 0.1) is 12.1 Å². The maximum atomic E-state index is 12.3. The van der Waals surface area contributed by atoms with Crippen LogP contribution in [-0.4, -0.2) is 35.3 Å². The highest BCUT2D eigenvalue weighted by Crippen LogP contribution is 2.29. The Hall–Kier alpha value is -1.60. The van der Waals surface area contributed by atoms with Crippen LogP contribution in [0.2, 0.25) is 0 Å². The van der Waals surface area contributed by atoms with E-state index in [1.54, 1.807) is 0 Å². The maximum absolute atomic E-state index is 12.3. The number of hydrogen-bond donors (Lipinski definition) is 1. The summed E-state index contributed by atoms with van der Waals surface area (Å²) in [7, 11) is 0. The number of hydrogen-bond acceptors (Lipinski definition) is 3. The van der Waals surface area contributed by atoms with Crippen molar-refractivity contribution in [3.63, 3.8) is 0 Å².